The Hall–Kier alpha value is -2.30. The molecule has 0 bridgehead atoms. The van der Waals surface area contributed by atoms with Crippen molar-refractivity contribution in [2.75, 3.05) is 13.1 Å². The number of aromatic nitrogens is 2. The Morgan fingerprint density at radius 3 is 2.48 bits per heavy atom. The molecule has 1 aliphatic rings. The molecule has 0 unspecified atom stereocenters. The van der Waals surface area contributed by atoms with E-state index in [1.807, 2.05) is 11.0 Å². The SMILES string of the molecule is O=C(c1cc(=O)[nH][nH]1)N1CCC(Cc2ccccc2)CC1. The summed E-state index contributed by atoms with van der Waals surface area (Å²) in [7, 11) is 0. The summed E-state index contributed by atoms with van der Waals surface area (Å²) in [4.78, 5) is 25.1. The fraction of sp³-hybridized carbons (Fsp3) is 0.375. The van der Waals surface area contributed by atoms with Gasteiger partial charge in [-0.15, -0.1) is 0 Å². The standard InChI is InChI=1S/C16H19N3O2/c20-15-11-14(17-18-15)16(21)19-8-6-13(7-9-19)10-12-4-2-1-3-5-12/h1-5,11,13H,6-10H2,(H2,17,18,20). The predicted octanol–water partition coefficient (Wildman–Crippen LogP) is 1.80. The van der Waals surface area contributed by atoms with Crippen LogP contribution in [0.4, 0.5) is 0 Å². The monoisotopic (exact) mass is 285 g/mol. The van der Waals surface area contributed by atoms with Gasteiger partial charge in [-0.25, -0.2) is 0 Å². The van der Waals surface area contributed by atoms with Gasteiger partial charge >= 0.3 is 0 Å². The van der Waals surface area contributed by atoms with Crippen LogP contribution in [-0.4, -0.2) is 34.1 Å². The first-order valence-electron chi connectivity index (χ1n) is 7.33. The van der Waals surface area contributed by atoms with Crippen molar-refractivity contribution in [1.29, 1.82) is 0 Å². The van der Waals surface area contributed by atoms with Crippen molar-refractivity contribution in [2.24, 2.45) is 5.92 Å². The van der Waals surface area contributed by atoms with Gasteiger partial charge in [0.05, 0.1) is 0 Å². The number of carbonyl (C=O) groups is 1. The van der Waals surface area contributed by atoms with E-state index in [2.05, 4.69) is 34.5 Å². The maximum atomic E-state index is 12.2. The number of carbonyl (C=O) groups excluding carboxylic acids is 1. The summed E-state index contributed by atoms with van der Waals surface area (Å²) in [5, 5.41) is 5.03. The zero-order valence-electron chi connectivity index (χ0n) is 11.8. The van der Waals surface area contributed by atoms with Gasteiger partial charge in [0.15, 0.2) is 0 Å². The average molecular weight is 285 g/mol. The molecule has 5 heteroatoms. The van der Waals surface area contributed by atoms with Crippen LogP contribution in [0.2, 0.25) is 0 Å². The second kappa shape index (κ2) is 5.99. The van der Waals surface area contributed by atoms with Crippen molar-refractivity contribution in [2.45, 2.75) is 19.3 Å². The highest BCUT2D eigenvalue weighted by atomic mass is 16.2. The van der Waals surface area contributed by atoms with Crippen LogP contribution >= 0.6 is 0 Å². The predicted molar refractivity (Wildman–Crippen MR) is 80.2 cm³/mol. The molecule has 21 heavy (non-hydrogen) atoms. The molecule has 0 aliphatic carbocycles. The van der Waals surface area contributed by atoms with Gasteiger partial charge in [-0.1, -0.05) is 30.3 Å². The number of aromatic amines is 2. The molecule has 0 saturated carbocycles. The summed E-state index contributed by atoms with van der Waals surface area (Å²) >= 11 is 0. The first-order chi connectivity index (χ1) is 10.2. The average Bonchev–Trinajstić information content (AvgIpc) is 2.95. The van der Waals surface area contributed by atoms with Gasteiger partial charge in [-0.05, 0) is 30.7 Å². The highest BCUT2D eigenvalue weighted by Gasteiger charge is 2.24. The van der Waals surface area contributed by atoms with E-state index < -0.39 is 0 Å². The molecule has 1 aliphatic heterocycles. The Labute approximate surface area is 123 Å². The molecule has 0 radical (unpaired) electrons. The Kier molecular flexibility index (Phi) is 3.90. The van der Waals surface area contributed by atoms with Gasteiger partial charge in [0, 0.05) is 19.2 Å². The molecule has 1 amide bonds. The summed E-state index contributed by atoms with van der Waals surface area (Å²) in [5.74, 6) is 0.535. The zero-order chi connectivity index (χ0) is 14.7. The Bertz CT molecular complexity index is 651. The third kappa shape index (κ3) is 3.24. The highest BCUT2D eigenvalue weighted by Crippen LogP contribution is 2.22. The quantitative estimate of drug-likeness (QED) is 0.903. The lowest BCUT2D eigenvalue weighted by molar-refractivity contribution is 0.0684. The van der Waals surface area contributed by atoms with Crippen LogP contribution in [0.5, 0.6) is 0 Å². The first-order valence-corrected chi connectivity index (χ1v) is 7.33. The molecule has 0 spiro atoms. The van der Waals surface area contributed by atoms with Crippen LogP contribution in [0.1, 0.15) is 28.9 Å². The number of hydrogen-bond donors (Lipinski definition) is 2. The molecule has 110 valence electrons. The van der Waals surface area contributed by atoms with Crippen LogP contribution in [0.25, 0.3) is 0 Å². The number of piperidine rings is 1. The molecular formula is C16H19N3O2. The largest absolute Gasteiger partial charge is 0.337 e. The molecule has 2 heterocycles. The highest BCUT2D eigenvalue weighted by molar-refractivity contribution is 5.92. The maximum Gasteiger partial charge on any atom is 0.271 e. The summed E-state index contributed by atoms with van der Waals surface area (Å²) in [6.45, 7) is 1.51. The van der Waals surface area contributed by atoms with Crippen molar-refractivity contribution in [3.8, 4) is 0 Å². The molecule has 3 rings (SSSR count). The first kappa shape index (κ1) is 13.7. The van der Waals surface area contributed by atoms with E-state index in [1.165, 1.54) is 11.6 Å². The van der Waals surface area contributed by atoms with Crippen LogP contribution in [0, 0.1) is 5.92 Å². The van der Waals surface area contributed by atoms with E-state index in [1.54, 1.807) is 0 Å². The van der Waals surface area contributed by atoms with Crippen molar-refractivity contribution in [3.63, 3.8) is 0 Å². The van der Waals surface area contributed by atoms with E-state index in [0.29, 0.717) is 11.6 Å². The number of rotatable bonds is 3. The zero-order valence-corrected chi connectivity index (χ0v) is 11.8. The van der Waals surface area contributed by atoms with Crippen molar-refractivity contribution in [1.82, 2.24) is 15.1 Å². The van der Waals surface area contributed by atoms with Crippen molar-refractivity contribution in [3.05, 3.63) is 58.0 Å². The number of nitrogens with one attached hydrogen (secondary N) is 2. The fourth-order valence-corrected chi connectivity index (χ4v) is 2.91. The lowest BCUT2D eigenvalue weighted by Gasteiger charge is -2.31. The Morgan fingerprint density at radius 2 is 1.86 bits per heavy atom. The number of likely N-dealkylation sites (tertiary alicyclic amines) is 1. The molecule has 1 aromatic carbocycles. The number of nitrogens with zero attached hydrogens (tertiary/aromatic N) is 1. The number of benzene rings is 1. The minimum atomic E-state index is -0.266. The minimum Gasteiger partial charge on any atom is -0.337 e. The van der Waals surface area contributed by atoms with Gasteiger partial charge in [-0.2, -0.15) is 0 Å². The molecular weight excluding hydrogens is 266 g/mol. The fourth-order valence-electron chi connectivity index (χ4n) is 2.91. The van der Waals surface area contributed by atoms with E-state index in [0.717, 1.165) is 32.4 Å². The van der Waals surface area contributed by atoms with Crippen molar-refractivity contribution >= 4 is 5.91 Å². The van der Waals surface area contributed by atoms with E-state index in [-0.39, 0.29) is 11.5 Å². The van der Waals surface area contributed by atoms with Crippen LogP contribution in [0.15, 0.2) is 41.2 Å². The molecule has 0 atom stereocenters. The third-order valence-electron chi connectivity index (χ3n) is 4.10. The van der Waals surface area contributed by atoms with Gasteiger partial charge in [0.1, 0.15) is 5.69 Å². The topological polar surface area (TPSA) is 69.0 Å². The van der Waals surface area contributed by atoms with E-state index in [4.69, 9.17) is 0 Å². The minimum absolute atomic E-state index is 0.0912. The second-order valence-corrected chi connectivity index (χ2v) is 5.60. The number of H-pyrrole nitrogens is 2. The lowest BCUT2D eigenvalue weighted by atomic mass is 9.90. The number of hydrogen-bond acceptors (Lipinski definition) is 2. The Balaban J connectivity index is 1.55. The molecule has 1 fully saturated rings. The molecule has 2 N–H and O–H groups in total. The van der Waals surface area contributed by atoms with E-state index >= 15 is 0 Å². The second-order valence-electron chi connectivity index (χ2n) is 5.60. The summed E-state index contributed by atoms with van der Waals surface area (Å²) in [5.41, 5.74) is 1.44. The van der Waals surface area contributed by atoms with Gasteiger partial charge in [0.2, 0.25) is 0 Å². The molecule has 5 nitrogen and oxygen atoms in total. The normalized spacial score (nSPS) is 16.1. The van der Waals surface area contributed by atoms with Crippen LogP contribution < -0.4 is 5.56 Å². The van der Waals surface area contributed by atoms with Crippen LogP contribution in [-0.2, 0) is 6.42 Å². The van der Waals surface area contributed by atoms with E-state index in [9.17, 15) is 9.59 Å². The summed E-state index contributed by atoms with van der Waals surface area (Å²) < 4.78 is 0. The number of amides is 1. The summed E-state index contributed by atoms with van der Waals surface area (Å²) in [6.07, 6.45) is 3.09. The summed E-state index contributed by atoms with van der Waals surface area (Å²) in [6, 6.07) is 11.8. The third-order valence-corrected chi connectivity index (χ3v) is 4.10. The Morgan fingerprint density at radius 1 is 1.14 bits per heavy atom. The molecule has 1 aromatic heterocycles. The van der Waals surface area contributed by atoms with Gasteiger partial charge in [-0.3, -0.25) is 19.8 Å². The van der Waals surface area contributed by atoms with Gasteiger partial charge in [0.25, 0.3) is 11.5 Å². The van der Waals surface area contributed by atoms with Gasteiger partial charge < -0.3 is 4.90 Å². The smallest absolute Gasteiger partial charge is 0.271 e. The molecule has 2 aromatic rings. The maximum absolute atomic E-state index is 12.2. The lowest BCUT2D eigenvalue weighted by Crippen LogP contribution is -2.39. The molecule has 1 saturated heterocycles. The van der Waals surface area contributed by atoms with Crippen LogP contribution in [0.3, 0.4) is 0 Å². The van der Waals surface area contributed by atoms with Crippen molar-refractivity contribution < 1.29 is 4.79 Å².